The molecule has 3 atom stereocenters. The maximum absolute atomic E-state index is 4.49. The molecule has 25 heavy (non-hydrogen) atoms. The number of piperidine rings is 1. The first-order chi connectivity index (χ1) is 11.9. The van der Waals surface area contributed by atoms with Gasteiger partial charge in [-0.15, -0.1) is 0 Å². The van der Waals surface area contributed by atoms with Crippen LogP contribution in [0.2, 0.25) is 0 Å². The minimum absolute atomic E-state index is 0.225. The van der Waals surface area contributed by atoms with Gasteiger partial charge in [0.15, 0.2) is 0 Å². The lowest BCUT2D eigenvalue weighted by molar-refractivity contribution is 0.0681. The normalized spacial score (nSPS) is 26.1. The van der Waals surface area contributed by atoms with Gasteiger partial charge in [-0.05, 0) is 54.7 Å². The topological polar surface area (TPSA) is 3.24 Å². The minimum Gasteiger partial charge on any atom is -0.296 e. The van der Waals surface area contributed by atoms with E-state index in [1.807, 2.05) is 0 Å². The number of hydrogen-bond acceptors (Lipinski definition) is 1. The van der Waals surface area contributed by atoms with Crippen molar-refractivity contribution >= 4 is 0 Å². The van der Waals surface area contributed by atoms with E-state index in [1.165, 1.54) is 61.8 Å². The van der Waals surface area contributed by atoms with E-state index in [4.69, 9.17) is 0 Å². The Balaban J connectivity index is 1.64. The van der Waals surface area contributed by atoms with Crippen LogP contribution in [0, 0.1) is 5.92 Å². The average molecular weight is 340 g/mol. The lowest BCUT2D eigenvalue weighted by Gasteiger charge is -2.44. The van der Waals surface area contributed by atoms with E-state index in [2.05, 4.69) is 63.4 Å². The maximum atomic E-state index is 4.49. The van der Waals surface area contributed by atoms with Gasteiger partial charge in [0.05, 0.1) is 0 Å². The summed E-state index contributed by atoms with van der Waals surface area (Å²) < 4.78 is 0. The van der Waals surface area contributed by atoms with Crippen molar-refractivity contribution < 1.29 is 0 Å². The van der Waals surface area contributed by atoms with Crippen molar-refractivity contribution in [3.8, 4) is 0 Å². The molecule has 1 heteroatoms. The summed E-state index contributed by atoms with van der Waals surface area (Å²) in [6.45, 7) is 16.0. The third-order valence-corrected chi connectivity index (χ3v) is 6.65. The zero-order valence-corrected chi connectivity index (χ0v) is 16.9. The molecule has 1 heterocycles. The van der Waals surface area contributed by atoms with Gasteiger partial charge in [0.1, 0.15) is 0 Å². The van der Waals surface area contributed by atoms with Crippen LogP contribution in [0.1, 0.15) is 83.3 Å². The van der Waals surface area contributed by atoms with Crippen molar-refractivity contribution in [1.29, 1.82) is 0 Å². The maximum Gasteiger partial charge on any atom is 0.0199 e. The molecule has 0 aromatic heterocycles. The van der Waals surface area contributed by atoms with Gasteiger partial charge in [-0.3, -0.25) is 4.90 Å². The van der Waals surface area contributed by atoms with Gasteiger partial charge in [-0.2, -0.15) is 0 Å². The second kappa shape index (κ2) is 7.66. The Hall–Kier alpha value is -1.08. The Bertz CT molecular complexity index is 575. The first-order valence-corrected chi connectivity index (χ1v) is 10.4. The van der Waals surface area contributed by atoms with Crippen LogP contribution in [0.25, 0.3) is 0 Å². The lowest BCUT2D eigenvalue weighted by atomic mass is 9.78. The van der Waals surface area contributed by atoms with Gasteiger partial charge >= 0.3 is 0 Å². The third kappa shape index (κ3) is 4.37. The van der Waals surface area contributed by atoms with Crippen molar-refractivity contribution in [3.63, 3.8) is 0 Å². The van der Waals surface area contributed by atoms with E-state index >= 15 is 0 Å². The molecule has 1 saturated carbocycles. The van der Waals surface area contributed by atoms with Crippen molar-refractivity contribution in [3.05, 3.63) is 47.5 Å². The van der Waals surface area contributed by atoms with Crippen LogP contribution < -0.4 is 0 Å². The van der Waals surface area contributed by atoms with Crippen LogP contribution in [0.3, 0.4) is 0 Å². The molecular weight excluding hydrogens is 302 g/mol. The van der Waals surface area contributed by atoms with Gasteiger partial charge in [0.2, 0.25) is 0 Å². The summed E-state index contributed by atoms with van der Waals surface area (Å²) in [5, 5.41) is 0. The van der Waals surface area contributed by atoms with E-state index in [1.54, 1.807) is 0 Å². The van der Waals surface area contributed by atoms with Crippen molar-refractivity contribution in [2.24, 2.45) is 5.92 Å². The monoisotopic (exact) mass is 339 g/mol. The Morgan fingerprint density at radius 1 is 1.08 bits per heavy atom. The summed E-state index contributed by atoms with van der Waals surface area (Å²) in [5.74, 6) is 1.40. The predicted octanol–water partition coefficient (Wildman–Crippen LogP) is 6.30. The molecule has 3 unspecified atom stereocenters. The summed E-state index contributed by atoms with van der Waals surface area (Å²) in [6, 6.07) is 10.1. The number of benzene rings is 1. The Kier molecular flexibility index (Phi) is 5.73. The number of likely N-dealkylation sites (tertiary alicyclic amines) is 1. The zero-order valence-electron chi connectivity index (χ0n) is 16.9. The summed E-state index contributed by atoms with van der Waals surface area (Å²) in [7, 11) is 0. The van der Waals surface area contributed by atoms with E-state index < -0.39 is 0 Å². The number of fused-ring (bicyclic) bond motifs is 1. The highest BCUT2D eigenvalue weighted by Crippen LogP contribution is 2.36. The number of hydrogen-bond donors (Lipinski definition) is 0. The number of nitrogens with zero attached hydrogens (tertiary/aromatic N) is 1. The Labute approximate surface area is 155 Å². The van der Waals surface area contributed by atoms with Gasteiger partial charge in [-0.25, -0.2) is 0 Å². The molecule has 1 aliphatic carbocycles. The fourth-order valence-electron chi connectivity index (χ4n) is 4.83. The molecule has 138 valence electrons. The molecule has 2 fully saturated rings. The standard InChI is InChI=1S/C24H37N/c1-18(17-25-16-8-10-21-9-6-7-11-23(21)25)19(2)20-12-14-22(15-13-20)24(3,4)5/h12-15,19,21,23H,1,6-11,16-17H2,2-5H3. The molecule has 2 aliphatic rings. The molecule has 1 saturated heterocycles. The van der Waals surface area contributed by atoms with Crippen molar-refractivity contribution in [2.75, 3.05) is 13.1 Å². The molecule has 0 radical (unpaired) electrons. The van der Waals surface area contributed by atoms with Crippen LogP contribution in [0.15, 0.2) is 36.4 Å². The molecule has 0 bridgehead atoms. The summed E-state index contributed by atoms with van der Waals surface area (Å²) >= 11 is 0. The summed E-state index contributed by atoms with van der Waals surface area (Å²) in [5.41, 5.74) is 4.43. The van der Waals surface area contributed by atoms with E-state index in [0.717, 1.165) is 18.5 Å². The highest BCUT2D eigenvalue weighted by Gasteiger charge is 2.33. The first kappa shape index (κ1) is 18.7. The van der Waals surface area contributed by atoms with Gasteiger partial charge < -0.3 is 0 Å². The largest absolute Gasteiger partial charge is 0.296 e. The molecule has 1 aromatic rings. The molecule has 0 spiro atoms. The fraction of sp³-hybridized carbons (Fsp3) is 0.667. The highest BCUT2D eigenvalue weighted by atomic mass is 15.2. The Morgan fingerprint density at radius 2 is 1.72 bits per heavy atom. The summed E-state index contributed by atoms with van der Waals surface area (Å²) in [6.07, 6.45) is 8.57. The first-order valence-electron chi connectivity index (χ1n) is 10.4. The SMILES string of the molecule is C=C(CN1CCCC2CCCCC21)C(C)c1ccc(C(C)(C)C)cc1. The second-order valence-corrected chi connectivity index (χ2v) is 9.48. The van der Waals surface area contributed by atoms with Crippen LogP contribution in [0.5, 0.6) is 0 Å². The van der Waals surface area contributed by atoms with E-state index in [9.17, 15) is 0 Å². The molecule has 3 rings (SSSR count). The molecule has 1 aromatic carbocycles. The van der Waals surface area contributed by atoms with Crippen LogP contribution in [0.4, 0.5) is 0 Å². The zero-order chi connectivity index (χ0) is 18.0. The van der Waals surface area contributed by atoms with E-state index in [0.29, 0.717) is 5.92 Å². The third-order valence-electron chi connectivity index (χ3n) is 6.65. The van der Waals surface area contributed by atoms with Gasteiger partial charge in [0.25, 0.3) is 0 Å². The van der Waals surface area contributed by atoms with Gasteiger partial charge in [0, 0.05) is 18.5 Å². The van der Waals surface area contributed by atoms with Crippen molar-refractivity contribution in [2.45, 2.75) is 83.6 Å². The fourth-order valence-corrected chi connectivity index (χ4v) is 4.83. The molecule has 0 N–H and O–H groups in total. The minimum atomic E-state index is 0.225. The van der Waals surface area contributed by atoms with E-state index in [-0.39, 0.29) is 5.41 Å². The molecule has 0 amide bonds. The van der Waals surface area contributed by atoms with Gasteiger partial charge in [-0.1, -0.05) is 77.0 Å². The molecule has 1 aliphatic heterocycles. The molecular formula is C24H37N. The van der Waals surface area contributed by atoms with Crippen molar-refractivity contribution in [1.82, 2.24) is 4.90 Å². The predicted molar refractivity (Wildman–Crippen MR) is 109 cm³/mol. The smallest absolute Gasteiger partial charge is 0.0199 e. The molecule has 1 nitrogen and oxygen atoms in total. The quantitative estimate of drug-likeness (QED) is 0.582. The lowest BCUT2D eigenvalue weighted by Crippen LogP contribution is -2.47. The summed E-state index contributed by atoms with van der Waals surface area (Å²) in [4.78, 5) is 2.76. The van der Waals surface area contributed by atoms with Crippen LogP contribution in [-0.4, -0.2) is 24.0 Å². The van der Waals surface area contributed by atoms with Crippen LogP contribution >= 0.6 is 0 Å². The Morgan fingerprint density at radius 3 is 2.40 bits per heavy atom. The average Bonchev–Trinajstić information content (AvgIpc) is 2.61. The number of rotatable bonds is 4. The highest BCUT2D eigenvalue weighted by molar-refractivity contribution is 5.33. The second-order valence-electron chi connectivity index (χ2n) is 9.48. The van der Waals surface area contributed by atoms with Crippen LogP contribution in [-0.2, 0) is 5.41 Å².